The summed E-state index contributed by atoms with van der Waals surface area (Å²) in [6.07, 6.45) is -1.02. The molecule has 7 nitrogen and oxygen atoms in total. The Morgan fingerprint density at radius 2 is 1.50 bits per heavy atom. The van der Waals surface area contributed by atoms with Crippen molar-refractivity contribution in [2.75, 3.05) is 0 Å². The summed E-state index contributed by atoms with van der Waals surface area (Å²) in [6.45, 7) is 0. The van der Waals surface area contributed by atoms with E-state index >= 15 is 0 Å². The van der Waals surface area contributed by atoms with Gasteiger partial charge in [0, 0.05) is 0 Å². The van der Waals surface area contributed by atoms with Crippen molar-refractivity contribution in [2.45, 2.75) is 11.0 Å². The summed E-state index contributed by atoms with van der Waals surface area (Å²) in [5.41, 5.74) is 0. The Morgan fingerprint density at radius 3 is 1.58 bits per heavy atom. The highest BCUT2D eigenvalue weighted by molar-refractivity contribution is 8.03. The molecular formula is C3H5NO6S2. The zero-order valence-corrected chi connectivity index (χ0v) is 7.21. The van der Waals surface area contributed by atoms with Crippen molar-refractivity contribution in [2.24, 2.45) is 0 Å². The van der Waals surface area contributed by atoms with Gasteiger partial charge in [0.25, 0.3) is 20.2 Å². The number of rotatable bonds is 3. The van der Waals surface area contributed by atoms with Crippen molar-refractivity contribution < 1.29 is 25.9 Å². The van der Waals surface area contributed by atoms with E-state index in [2.05, 4.69) is 0 Å². The minimum atomic E-state index is -4.95. The van der Waals surface area contributed by atoms with Gasteiger partial charge in [-0.2, -0.15) is 22.1 Å². The minimum Gasteiger partial charge on any atom is -0.284 e. The maximum atomic E-state index is 10.2. The van der Waals surface area contributed by atoms with Crippen LogP contribution in [0, 0.1) is 11.3 Å². The molecule has 0 amide bonds. The molecule has 9 heteroatoms. The zero-order chi connectivity index (χ0) is 9.99. The molecule has 0 aromatic heterocycles. The first kappa shape index (κ1) is 11.3. The minimum absolute atomic E-state index is 1.02. The van der Waals surface area contributed by atoms with Crippen LogP contribution in [0.15, 0.2) is 0 Å². The lowest BCUT2D eigenvalue weighted by atomic mass is 10.5. The molecule has 0 spiro atoms. The lowest BCUT2D eigenvalue weighted by Crippen LogP contribution is -2.29. The molecule has 0 radical (unpaired) electrons. The fourth-order valence-electron chi connectivity index (χ4n) is 0.439. The summed E-state index contributed by atoms with van der Waals surface area (Å²) in [5, 5.41) is 7.96. The van der Waals surface area contributed by atoms with Crippen molar-refractivity contribution >= 4 is 20.2 Å². The van der Waals surface area contributed by atoms with Gasteiger partial charge in [-0.1, -0.05) is 0 Å². The lowest BCUT2D eigenvalue weighted by Gasteiger charge is -2.04. The van der Waals surface area contributed by atoms with Gasteiger partial charge in [0.05, 0.1) is 12.5 Å². The van der Waals surface area contributed by atoms with Crippen LogP contribution in [-0.4, -0.2) is 30.5 Å². The molecule has 0 aliphatic carbocycles. The molecule has 0 saturated carbocycles. The summed E-state index contributed by atoms with van der Waals surface area (Å²) in [6, 6.07) is 1.20. The smallest absolute Gasteiger partial charge is 0.284 e. The van der Waals surface area contributed by atoms with Crippen molar-refractivity contribution in [3.63, 3.8) is 0 Å². The molecule has 0 aliphatic heterocycles. The standard InChI is InChI=1S/C3H5NO6S2/c4-2-1-3(11(5,6)7)12(8,9)10/h3H,1H2,(H,5,6,7)(H,8,9,10). The number of hydrogen-bond donors (Lipinski definition) is 2. The average Bonchev–Trinajstić information content (AvgIpc) is 1.77. The second kappa shape index (κ2) is 3.36. The van der Waals surface area contributed by atoms with Crippen LogP contribution in [0.2, 0.25) is 0 Å². The fourth-order valence-corrected chi connectivity index (χ4v) is 2.24. The molecule has 12 heavy (non-hydrogen) atoms. The quantitative estimate of drug-likeness (QED) is 0.577. The van der Waals surface area contributed by atoms with Crippen LogP contribution in [0.5, 0.6) is 0 Å². The van der Waals surface area contributed by atoms with E-state index in [-0.39, 0.29) is 0 Å². The van der Waals surface area contributed by atoms with Gasteiger partial charge >= 0.3 is 0 Å². The third-order valence-electron chi connectivity index (χ3n) is 0.922. The highest BCUT2D eigenvalue weighted by Gasteiger charge is 2.35. The molecule has 0 aromatic rings. The molecule has 0 fully saturated rings. The first-order valence-corrected chi connectivity index (χ1v) is 5.50. The van der Waals surface area contributed by atoms with Crippen LogP contribution in [-0.2, 0) is 20.2 Å². The van der Waals surface area contributed by atoms with Gasteiger partial charge in [-0.3, -0.25) is 9.11 Å². The van der Waals surface area contributed by atoms with Gasteiger partial charge in [0.2, 0.25) is 4.58 Å². The molecule has 70 valence electrons. The van der Waals surface area contributed by atoms with Crippen LogP contribution in [0.4, 0.5) is 0 Å². The zero-order valence-electron chi connectivity index (χ0n) is 5.58. The fraction of sp³-hybridized carbons (Fsp3) is 0.667. The highest BCUT2D eigenvalue weighted by atomic mass is 32.3. The summed E-state index contributed by atoms with van der Waals surface area (Å²) in [4.78, 5) is 0. The Balaban J connectivity index is 5.14. The van der Waals surface area contributed by atoms with Crippen molar-refractivity contribution in [1.82, 2.24) is 0 Å². The first-order valence-electron chi connectivity index (χ1n) is 2.49. The van der Waals surface area contributed by atoms with Gasteiger partial charge in [-0.25, -0.2) is 0 Å². The van der Waals surface area contributed by atoms with E-state index in [9.17, 15) is 16.8 Å². The summed E-state index contributed by atoms with van der Waals surface area (Å²) in [7, 11) is -9.89. The normalized spacial score (nSPS) is 12.8. The Bertz CT molecular complexity index is 353. The van der Waals surface area contributed by atoms with E-state index in [0.29, 0.717) is 0 Å². The van der Waals surface area contributed by atoms with Crippen LogP contribution < -0.4 is 0 Å². The molecule has 0 rings (SSSR count). The molecule has 0 aromatic carbocycles. The predicted molar refractivity (Wildman–Crippen MR) is 37.1 cm³/mol. The molecule has 0 heterocycles. The van der Waals surface area contributed by atoms with Crippen molar-refractivity contribution in [3.05, 3.63) is 0 Å². The summed E-state index contributed by atoms with van der Waals surface area (Å²) < 4.78 is 54.9. The molecule has 0 unspecified atom stereocenters. The third kappa shape index (κ3) is 3.14. The Hall–Kier alpha value is -0.690. The summed E-state index contributed by atoms with van der Waals surface area (Å²) >= 11 is 0. The molecule has 0 bridgehead atoms. The van der Waals surface area contributed by atoms with E-state index in [1.165, 1.54) is 6.07 Å². The highest BCUT2D eigenvalue weighted by Crippen LogP contribution is 2.09. The summed E-state index contributed by atoms with van der Waals surface area (Å²) in [5.74, 6) is 0. The first-order chi connectivity index (χ1) is 5.19. The maximum Gasteiger partial charge on any atom is 0.285 e. The van der Waals surface area contributed by atoms with Crippen molar-refractivity contribution in [1.29, 1.82) is 5.26 Å². The second-order valence-corrected chi connectivity index (χ2v) is 5.32. The van der Waals surface area contributed by atoms with E-state index in [1.807, 2.05) is 0 Å². The number of hydrogen-bond acceptors (Lipinski definition) is 5. The topological polar surface area (TPSA) is 133 Å². The largest absolute Gasteiger partial charge is 0.285 e. The molecular weight excluding hydrogens is 210 g/mol. The second-order valence-electron chi connectivity index (χ2n) is 1.82. The number of nitrogens with zero attached hydrogens (tertiary/aromatic N) is 1. The lowest BCUT2D eigenvalue weighted by molar-refractivity contribution is 0.455. The predicted octanol–water partition coefficient (Wildman–Crippen LogP) is -0.998. The van der Waals surface area contributed by atoms with Crippen LogP contribution in [0.3, 0.4) is 0 Å². The van der Waals surface area contributed by atoms with E-state index in [1.54, 1.807) is 0 Å². The molecule has 0 saturated heterocycles. The molecule has 0 atom stereocenters. The molecule has 2 N–H and O–H groups in total. The third-order valence-corrected chi connectivity index (χ3v) is 4.04. The van der Waals surface area contributed by atoms with Crippen LogP contribution >= 0.6 is 0 Å². The van der Waals surface area contributed by atoms with E-state index in [4.69, 9.17) is 14.4 Å². The number of nitriles is 1. The monoisotopic (exact) mass is 215 g/mol. The van der Waals surface area contributed by atoms with E-state index in [0.717, 1.165) is 0 Å². The molecule has 0 aliphatic rings. The van der Waals surface area contributed by atoms with Crippen molar-refractivity contribution in [3.8, 4) is 6.07 Å². The van der Waals surface area contributed by atoms with Gasteiger partial charge in [0.15, 0.2) is 0 Å². The average molecular weight is 215 g/mol. The Kier molecular flexibility index (Phi) is 3.17. The SMILES string of the molecule is N#CCC(S(=O)(=O)O)S(=O)(=O)O. The Morgan fingerprint density at radius 1 is 1.17 bits per heavy atom. The Labute approximate surface area is 69.1 Å². The van der Waals surface area contributed by atoms with Gasteiger partial charge < -0.3 is 0 Å². The maximum absolute atomic E-state index is 10.2. The van der Waals surface area contributed by atoms with E-state index < -0.39 is 31.2 Å². The van der Waals surface area contributed by atoms with Gasteiger partial charge in [-0.15, -0.1) is 0 Å². The van der Waals surface area contributed by atoms with Crippen LogP contribution in [0.25, 0.3) is 0 Å². The van der Waals surface area contributed by atoms with Gasteiger partial charge in [-0.05, 0) is 0 Å². The van der Waals surface area contributed by atoms with Crippen LogP contribution in [0.1, 0.15) is 6.42 Å². The van der Waals surface area contributed by atoms with Gasteiger partial charge in [0.1, 0.15) is 0 Å².